The summed E-state index contributed by atoms with van der Waals surface area (Å²) in [5.74, 6) is 0. The van der Waals surface area contributed by atoms with Crippen LogP contribution in [0.3, 0.4) is 0 Å². The summed E-state index contributed by atoms with van der Waals surface area (Å²) in [6.07, 6.45) is 3.52. The lowest BCUT2D eigenvalue weighted by molar-refractivity contribution is 1.31. The van der Waals surface area contributed by atoms with E-state index >= 15 is 0 Å². The van der Waals surface area contributed by atoms with Crippen molar-refractivity contribution in [1.82, 2.24) is 15.0 Å². The maximum atomic E-state index is 8.88. The van der Waals surface area contributed by atoms with Crippen molar-refractivity contribution in [2.45, 2.75) is 6.92 Å². The Morgan fingerprint density at radius 2 is 1.94 bits per heavy atom. The normalized spacial score (nSPS) is 10.4. The molecule has 0 aromatic carbocycles. The number of H-pyrrole nitrogens is 1. The monoisotopic (exact) mass is 234 g/mol. The summed E-state index contributed by atoms with van der Waals surface area (Å²) in [4.78, 5) is 11.7. The molecule has 0 unspecified atom stereocenters. The Morgan fingerprint density at radius 1 is 1.17 bits per heavy atom. The highest BCUT2D eigenvalue weighted by Crippen LogP contribution is 2.28. The Kier molecular flexibility index (Phi) is 2.31. The fraction of sp³-hybridized carbons (Fsp3) is 0.0714. The maximum Gasteiger partial charge on any atom is 0.141 e. The number of hydrogen-bond acceptors (Lipinski definition) is 3. The van der Waals surface area contributed by atoms with Crippen LogP contribution in [0, 0.1) is 18.3 Å². The minimum atomic E-state index is 0.436. The standard InChI is InChI=1S/C14H10N4/c1-9-13(10-4-6-16-7-5-10)18-12-3-2-11(8-15)17-14(9)12/h2-7,18H,1H3. The lowest BCUT2D eigenvalue weighted by Gasteiger charge is -1.98. The number of aromatic nitrogens is 3. The van der Waals surface area contributed by atoms with Gasteiger partial charge in [-0.1, -0.05) is 0 Å². The molecule has 0 aliphatic heterocycles. The molecule has 0 bridgehead atoms. The minimum Gasteiger partial charge on any atom is -0.353 e. The van der Waals surface area contributed by atoms with Gasteiger partial charge in [0.1, 0.15) is 11.8 Å². The van der Waals surface area contributed by atoms with E-state index in [1.165, 1.54) is 0 Å². The summed E-state index contributed by atoms with van der Waals surface area (Å²) in [6, 6.07) is 9.56. The van der Waals surface area contributed by atoms with Crippen LogP contribution in [0.5, 0.6) is 0 Å². The summed E-state index contributed by atoms with van der Waals surface area (Å²) < 4.78 is 0. The van der Waals surface area contributed by atoms with E-state index < -0.39 is 0 Å². The minimum absolute atomic E-state index is 0.436. The number of aromatic amines is 1. The van der Waals surface area contributed by atoms with Gasteiger partial charge in [0.15, 0.2) is 0 Å². The summed E-state index contributed by atoms with van der Waals surface area (Å²) in [7, 11) is 0. The fourth-order valence-corrected chi connectivity index (χ4v) is 2.06. The number of nitriles is 1. The number of nitrogens with zero attached hydrogens (tertiary/aromatic N) is 3. The van der Waals surface area contributed by atoms with Gasteiger partial charge in [-0.15, -0.1) is 0 Å². The third-order valence-corrected chi connectivity index (χ3v) is 2.97. The van der Waals surface area contributed by atoms with Crippen molar-refractivity contribution in [3.63, 3.8) is 0 Å². The van der Waals surface area contributed by atoms with E-state index in [1.807, 2.05) is 25.1 Å². The molecule has 4 nitrogen and oxygen atoms in total. The highest BCUT2D eigenvalue weighted by molar-refractivity contribution is 5.87. The number of nitrogens with one attached hydrogen (secondary N) is 1. The molecule has 4 heteroatoms. The number of pyridine rings is 2. The summed E-state index contributed by atoms with van der Waals surface area (Å²) in [5.41, 5.74) is 5.37. The SMILES string of the molecule is Cc1c(-c2ccncc2)[nH]c2ccc(C#N)nc12. The van der Waals surface area contributed by atoms with E-state index in [0.29, 0.717) is 5.69 Å². The zero-order valence-electron chi connectivity index (χ0n) is 9.81. The second-order valence-corrected chi connectivity index (χ2v) is 4.07. The van der Waals surface area contributed by atoms with Crippen molar-refractivity contribution in [2.75, 3.05) is 0 Å². The fourth-order valence-electron chi connectivity index (χ4n) is 2.06. The average Bonchev–Trinajstić information content (AvgIpc) is 2.77. The Labute approximate surface area is 104 Å². The number of fused-ring (bicyclic) bond motifs is 1. The van der Waals surface area contributed by atoms with Gasteiger partial charge in [0.2, 0.25) is 0 Å². The molecular weight excluding hydrogens is 224 g/mol. The van der Waals surface area contributed by atoms with Crippen LogP contribution in [-0.2, 0) is 0 Å². The van der Waals surface area contributed by atoms with Crippen molar-refractivity contribution in [1.29, 1.82) is 5.26 Å². The Morgan fingerprint density at radius 3 is 2.67 bits per heavy atom. The second kappa shape index (κ2) is 3.97. The number of aryl methyl sites for hydroxylation is 1. The molecule has 0 fully saturated rings. The smallest absolute Gasteiger partial charge is 0.141 e. The first-order chi connectivity index (χ1) is 8.79. The van der Waals surface area contributed by atoms with Crippen LogP contribution in [0.2, 0.25) is 0 Å². The molecule has 1 N–H and O–H groups in total. The molecule has 0 saturated heterocycles. The van der Waals surface area contributed by atoms with Gasteiger partial charge in [-0.05, 0) is 31.2 Å². The lowest BCUT2D eigenvalue weighted by Crippen LogP contribution is -1.83. The predicted molar refractivity (Wildman–Crippen MR) is 68.8 cm³/mol. The van der Waals surface area contributed by atoms with Crippen LogP contribution in [0.1, 0.15) is 11.3 Å². The molecule has 86 valence electrons. The quantitative estimate of drug-likeness (QED) is 0.704. The van der Waals surface area contributed by atoms with Gasteiger partial charge >= 0.3 is 0 Å². The average molecular weight is 234 g/mol. The second-order valence-electron chi connectivity index (χ2n) is 4.07. The Balaban J connectivity index is 2.27. The molecule has 0 amide bonds. The lowest BCUT2D eigenvalue weighted by atomic mass is 10.1. The molecular formula is C14H10N4. The Bertz CT molecular complexity index is 751. The van der Waals surface area contributed by atoms with Crippen molar-refractivity contribution >= 4 is 11.0 Å². The molecule has 18 heavy (non-hydrogen) atoms. The molecule has 0 aliphatic carbocycles. The maximum absolute atomic E-state index is 8.88. The number of hydrogen-bond donors (Lipinski definition) is 1. The van der Waals surface area contributed by atoms with E-state index in [4.69, 9.17) is 5.26 Å². The molecule has 3 aromatic heterocycles. The van der Waals surface area contributed by atoms with Crippen molar-refractivity contribution in [3.05, 3.63) is 47.9 Å². The number of rotatable bonds is 1. The van der Waals surface area contributed by atoms with Crippen molar-refractivity contribution in [3.8, 4) is 17.3 Å². The third kappa shape index (κ3) is 1.54. The zero-order chi connectivity index (χ0) is 12.5. The highest BCUT2D eigenvalue weighted by Gasteiger charge is 2.10. The molecule has 0 spiro atoms. The van der Waals surface area contributed by atoms with Gasteiger partial charge in [0, 0.05) is 23.5 Å². The van der Waals surface area contributed by atoms with Gasteiger partial charge in [-0.3, -0.25) is 4.98 Å². The molecule has 3 rings (SSSR count). The first kappa shape index (κ1) is 10.5. The highest BCUT2D eigenvalue weighted by atomic mass is 14.8. The van der Waals surface area contributed by atoms with Crippen molar-refractivity contribution in [2.24, 2.45) is 0 Å². The Hall–Kier alpha value is -2.67. The van der Waals surface area contributed by atoms with Crippen LogP contribution >= 0.6 is 0 Å². The summed E-state index contributed by atoms with van der Waals surface area (Å²) in [5, 5.41) is 8.88. The van der Waals surface area contributed by atoms with Crippen LogP contribution in [0.25, 0.3) is 22.3 Å². The van der Waals surface area contributed by atoms with Crippen LogP contribution in [0.4, 0.5) is 0 Å². The zero-order valence-corrected chi connectivity index (χ0v) is 9.81. The summed E-state index contributed by atoms with van der Waals surface area (Å²) in [6.45, 7) is 2.00. The predicted octanol–water partition coefficient (Wildman–Crippen LogP) is 2.81. The third-order valence-electron chi connectivity index (χ3n) is 2.97. The molecule has 3 heterocycles. The van der Waals surface area contributed by atoms with E-state index in [0.717, 1.165) is 27.9 Å². The molecule has 0 atom stereocenters. The van der Waals surface area contributed by atoms with Gasteiger partial charge in [0.05, 0.1) is 16.7 Å². The van der Waals surface area contributed by atoms with E-state index in [-0.39, 0.29) is 0 Å². The first-order valence-corrected chi connectivity index (χ1v) is 5.59. The first-order valence-electron chi connectivity index (χ1n) is 5.59. The van der Waals surface area contributed by atoms with E-state index in [2.05, 4.69) is 21.0 Å². The van der Waals surface area contributed by atoms with E-state index in [1.54, 1.807) is 18.5 Å². The van der Waals surface area contributed by atoms with Gasteiger partial charge < -0.3 is 4.98 Å². The van der Waals surface area contributed by atoms with E-state index in [9.17, 15) is 0 Å². The molecule has 0 saturated carbocycles. The van der Waals surface area contributed by atoms with Crippen LogP contribution < -0.4 is 0 Å². The van der Waals surface area contributed by atoms with Crippen LogP contribution in [0.15, 0.2) is 36.7 Å². The summed E-state index contributed by atoms with van der Waals surface area (Å²) >= 11 is 0. The largest absolute Gasteiger partial charge is 0.353 e. The molecule has 0 radical (unpaired) electrons. The van der Waals surface area contributed by atoms with Crippen LogP contribution in [-0.4, -0.2) is 15.0 Å². The molecule has 0 aliphatic rings. The van der Waals surface area contributed by atoms with Crippen molar-refractivity contribution < 1.29 is 0 Å². The van der Waals surface area contributed by atoms with Gasteiger partial charge in [-0.2, -0.15) is 5.26 Å². The van der Waals surface area contributed by atoms with Gasteiger partial charge in [0.25, 0.3) is 0 Å². The topological polar surface area (TPSA) is 65.4 Å². The molecule has 3 aromatic rings. The van der Waals surface area contributed by atoms with Gasteiger partial charge in [-0.25, -0.2) is 4.98 Å².